The Morgan fingerprint density at radius 2 is 1.09 bits per heavy atom. The van der Waals surface area contributed by atoms with Crippen LogP contribution >= 0.6 is 11.8 Å². The molecule has 6 aromatic carbocycles. The van der Waals surface area contributed by atoms with Crippen LogP contribution in [0.4, 0.5) is 17.1 Å². The fraction of sp³-hybridized carbons (Fsp3) is 0.190. The fourth-order valence-corrected chi connectivity index (χ4v) is 7.27. The van der Waals surface area contributed by atoms with Gasteiger partial charge in [0.1, 0.15) is 0 Å². The van der Waals surface area contributed by atoms with Gasteiger partial charge in [0, 0.05) is 15.5 Å². The van der Waals surface area contributed by atoms with Gasteiger partial charge in [-0.05, 0) is 104 Å². The topological polar surface area (TPSA) is 3.24 Å². The summed E-state index contributed by atoms with van der Waals surface area (Å²) in [5, 5.41) is 2.54. The van der Waals surface area contributed by atoms with Crippen LogP contribution < -0.4 is 4.90 Å². The molecule has 0 spiro atoms. The zero-order chi connectivity index (χ0) is 30.6. The van der Waals surface area contributed by atoms with Gasteiger partial charge < -0.3 is 4.90 Å². The lowest BCUT2D eigenvalue weighted by atomic mass is 9.85. The van der Waals surface area contributed by atoms with Crippen molar-refractivity contribution in [3.8, 4) is 22.3 Å². The lowest BCUT2D eigenvalue weighted by Gasteiger charge is -2.34. The normalized spacial score (nSPS) is 13.1. The minimum Gasteiger partial charge on any atom is -0.308 e. The molecule has 0 saturated carbocycles. The maximum Gasteiger partial charge on any atom is 0.0601 e. The van der Waals surface area contributed by atoms with Gasteiger partial charge in [-0.2, -0.15) is 0 Å². The zero-order valence-electron chi connectivity index (χ0n) is 26.5. The summed E-state index contributed by atoms with van der Waals surface area (Å²) >= 11 is 1.87. The van der Waals surface area contributed by atoms with Gasteiger partial charge in [0.15, 0.2) is 0 Å². The third kappa shape index (κ3) is 5.22. The quantitative estimate of drug-likeness (QED) is 0.202. The number of hydrogen-bond acceptors (Lipinski definition) is 2. The molecule has 1 heterocycles. The molecule has 0 unspecified atom stereocenters. The molecule has 1 aliphatic heterocycles. The summed E-state index contributed by atoms with van der Waals surface area (Å²) in [6, 6.07) is 47.4. The van der Waals surface area contributed by atoms with Crippen LogP contribution in [0, 0.1) is 0 Å². The number of para-hydroxylation sites is 1. The highest BCUT2D eigenvalue weighted by atomic mass is 32.2. The van der Waals surface area contributed by atoms with E-state index in [1.54, 1.807) is 0 Å². The molecule has 1 aliphatic rings. The van der Waals surface area contributed by atoms with Crippen LogP contribution in [0.25, 0.3) is 33.0 Å². The van der Waals surface area contributed by atoms with Crippen molar-refractivity contribution in [1.29, 1.82) is 0 Å². The van der Waals surface area contributed by atoms with Crippen molar-refractivity contribution in [2.45, 2.75) is 62.2 Å². The van der Waals surface area contributed by atoms with Crippen molar-refractivity contribution in [3.63, 3.8) is 0 Å². The van der Waals surface area contributed by atoms with E-state index >= 15 is 0 Å². The van der Waals surface area contributed by atoms with Crippen molar-refractivity contribution >= 4 is 39.6 Å². The molecule has 2 heteroatoms. The third-order valence-electron chi connectivity index (χ3n) is 8.78. The first-order chi connectivity index (χ1) is 21.1. The van der Waals surface area contributed by atoms with Crippen LogP contribution in [0.2, 0.25) is 0 Å². The fourth-order valence-electron chi connectivity index (χ4n) is 6.17. The Labute approximate surface area is 266 Å². The van der Waals surface area contributed by atoms with E-state index < -0.39 is 0 Å². The summed E-state index contributed by atoms with van der Waals surface area (Å²) in [5.74, 6) is 0. The van der Waals surface area contributed by atoms with Crippen molar-refractivity contribution in [1.82, 2.24) is 0 Å². The average Bonchev–Trinajstić information content (AvgIpc) is 3.02. The number of nitrogens with zero attached hydrogens (tertiary/aromatic N) is 1. The largest absolute Gasteiger partial charge is 0.308 e. The SMILES string of the molecule is CC(C)(C)c1ccc(-c2cc(-c3ccc(N4c5ccccc5Sc5cc(C(C)(C)C)ccc54)cc3)cc3ccccc23)cc1. The maximum atomic E-state index is 2.42. The van der Waals surface area contributed by atoms with Crippen LogP contribution in [-0.2, 0) is 10.8 Å². The number of anilines is 3. The summed E-state index contributed by atoms with van der Waals surface area (Å²) in [5.41, 5.74) is 11.6. The standard InChI is InChI=1S/C42H39NS/c1-41(2,3)32-19-15-29(16-20-32)36-26-31(25-30-11-7-8-12-35(30)36)28-17-22-34(23-18-28)43-37-13-9-10-14-39(37)44-40-27-33(42(4,5)6)21-24-38(40)43/h7-27H,1-6H3. The van der Waals surface area contributed by atoms with E-state index in [0.29, 0.717) is 0 Å². The maximum absolute atomic E-state index is 2.42. The van der Waals surface area contributed by atoms with E-state index in [1.165, 1.54) is 71.0 Å². The predicted molar refractivity (Wildman–Crippen MR) is 191 cm³/mol. The third-order valence-corrected chi connectivity index (χ3v) is 9.89. The molecule has 0 atom stereocenters. The van der Waals surface area contributed by atoms with Crippen LogP contribution in [0.5, 0.6) is 0 Å². The molecule has 1 nitrogen and oxygen atoms in total. The second-order valence-corrected chi connectivity index (χ2v) is 15.0. The summed E-state index contributed by atoms with van der Waals surface area (Å²) in [6.07, 6.45) is 0. The first kappa shape index (κ1) is 28.5. The van der Waals surface area contributed by atoms with E-state index in [9.17, 15) is 0 Å². The van der Waals surface area contributed by atoms with Gasteiger partial charge in [0.05, 0.1) is 11.4 Å². The number of fused-ring (bicyclic) bond motifs is 3. The van der Waals surface area contributed by atoms with Gasteiger partial charge in [0.25, 0.3) is 0 Å². The molecule has 0 N–H and O–H groups in total. The highest BCUT2D eigenvalue weighted by Gasteiger charge is 2.26. The van der Waals surface area contributed by atoms with Crippen LogP contribution in [0.1, 0.15) is 52.7 Å². The summed E-state index contributed by atoms with van der Waals surface area (Å²) in [6.45, 7) is 13.7. The summed E-state index contributed by atoms with van der Waals surface area (Å²) in [7, 11) is 0. The van der Waals surface area contributed by atoms with Crippen LogP contribution in [0.15, 0.2) is 137 Å². The van der Waals surface area contributed by atoms with E-state index in [-0.39, 0.29) is 10.8 Å². The molecule has 6 aromatic rings. The van der Waals surface area contributed by atoms with Gasteiger partial charge in [-0.15, -0.1) is 0 Å². The molecule has 218 valence electrons. The highest BCUT2D eigenvalue weighted by Crippen LogP contribution is 2.52. The van der Waals surface area contributed by atoms with Crippen molar-refractivity contribution in [2.24, 2.45) is 0 Å². The first-order valence-electron chi connectivity index (χ1n) is 15.5. The molecule has 0 aliphatic carbocycles. The van der Waals surface area contributed by atoms with Gasteiger partial charge >= 0.3 is 0 Å². The molecule has 0 bridgehead atoms. The van der Waals surface area contributed by atoms with Crippen molar-refractivity contribution in [2.75, 3.05) is 4.90 Å². The van der Waals surface area contributed by atoms with Crippen LogP contribution in [-0.4, -0.2) is 0 Å². The Bertz CT molecular complexity index is 1990. The first-order valence-corrected chi connectivity index (χ1v) is 16.3. The van der Waals surface area contributed by atoms with E-state index in [1.807, 2.05) is 11.8 Å². The molecule has 0 aromatic heterocycles. The second-order valence-electron chi connectivity index (χ2n) is 14.0. The molecular weight excluding hydrogens is 551 g/mol. The average molecular weight is 590 g/mol. The molecule has 0 fully saturated rings. The molecular formula is C42H39NS. The lowest BCUT2D eigenvalue weighted by Crippen LogP contribution is -2.17. The summed E-state index contributed by atoms with van der Waals surface area (Å²) < 4.78 is 0. The smallest absolute Gasteiger partial charge is 0.0601 e. The monoisotopic (exact) mass is 589 g/mol. The van der Waals surface area contributed by atoms with Gasteiger partial charge in [-0.1, -0.05) is 132 Å². The van der Waals surface area contributed by atoms with Crippen molar-refractivity contribution < 1.29 is 0 Å². The summed E-state index contributed by atoms with van der Waals surface area (Å²) in [4.78, 5) is 5.00. The molecule has 44 heavy (non-hydrogen) atoms. The lowest BCUT2D eigenvalue weighted by molar-refractivity contribution is 0.588. The Kier molecular flexibility index (Phi) is 6.94. The van der Waals surface area contributed by atoms with E-state index in [2.05, 4.69) is 174 Å². The Balaban J connectivity index is 1.30. The second kappa shape index (κ2) is 10.7. The minimum atomic E-state index is 0.104. The number of rotatable bonds is 3. The zero-order valence-corrected chi connectivity index (χ0v) is 27.3. The minimum absolute atomic E-state index is 0.104. The molecule has 0 saturated heterocycles. The van der Waals surface area contributed by atoms with Gasteiger partial charge in [0.2, 0.25) is 0 Å². The Morgan fingerprint density at radius 1 is 0.477 bits per heavy atom. The van der Waals surface area contributed by atoms with Gasteiger partial charge in [-0.3, -0.25) is 0 Å². The Hall–Kier alpha value is -4.27. The highest BCUT2D eigenvalue weighted by molar-refractivity contribution is 7.99. The molecule has 0 radical (unpaired) electrons. The Morgan fingerprint density at radius 3 is 1.82 bits per heavy atom. The van der Waals surface area contributed by atoms with E-state index in [0.717, 1.165) is 0 Å². The van der Waals surface area contributed by atoms with Crippen molar-refractivity contribution in [3.05, 3.63) is 139 Å². The molecule has 7 rings (SSSR count). The number of hydrogen-bond donors (Lipinski definition) is 0. The van der Waals surface area contributed by atoms with E-state index in [4.69, 9.17) is 0 Å². The van der Waals surface area contributed by atoms with Crippen LogP contribution in [0.3, 0.4) is 0 Å². The molecule has 0 amide bonds. The number of benzene rings is 6. The van der Waals surface area contributed by atoms with Gasteiger partial charge in [-0.25, -0.2) is 0 Å². The predicted octanol–water partition coefficient (Wildman–Crippen LogP) is 12.7.